The highest BCUT2D eigenvalue weighted by molar-refractivity contribution is 7.80. The van der Waals surface area contributed by atoms with Crippen LogP contribution in [0.25, 0.3) is 0 Å². The Kier molecular flexibility index (Phi) is 7.11. The molecule has 0 saturated carbocycles. The van der Waals surface area contributed by atoms with Crippen molar-refractivity contribution in [3.05, 3.63) is 0 Å². The van der Waals surface area contributed by atoms with Crippen molar-refractivity contribution in [1.82, 2.24) is 4.90 Å². The molecule has 2 nitrogen and oxygen atoms in total. The van der Waals surface area contributed by atoms with Crippen LogP contribution in [0.2, 0.25) is 0 Å². The summed E-state index contributed by atoms with van der Waals surface area (Å²) in [5, 5.41) is 0. The zero-order valence-corrected chi connectivity index (χ0v) is 10.7. The number of rotatable bonds is 7. The van der Waals surface area contributed by atoms with Gasteiger partial charge in [-0.2, -0.15) is 0 Å². The molecule has 0 amide bonds. The van der Waals surface area contributed by atoms with Crippen molar-refractivity contribution < 1.29 is 0 Å². The van der Waals surface area contributed by atoms with Crippen molar-refractivity contribution in [2.75, 3.05) is 20.1 Å². The summed E-state index contributed by atoms with van der Waals surface area (Å²) in [6, 6.07) is 0. The molecule has 0 bridgehead atoms. The lowest BCUT2D eigenvalue weighted by Gasteiger charge is -2.20. The molecule has 0 spiro atoms. The minimum absolute atomic E-state index is 0.328. The number of thiocarbonyl (C=S) groups is 1. The summed E-state index contributed by atoms with van der Waals surface area (Å²) in [6.07, 6.45) is 2.56. The standard InChI is InChI=1S/C11H24N2S/c1-9(2)6-5-7-13(4)8-10(3)11(12)14/h9-10H,5-8H2,1-4H3,(H2,12,14). The van der Waals surface area contributed by atoms with Gasteiger partial charge in [0.2, 0.25) is 0 Å². The van der Waals surface area contributed by atoms with Crippen LogP contribution in [0.1, 0.15) is 33.6 Å². The molecule has 0 fully saturated rings. The highest BCUT2D eigenvalue weighted by atomic mass is 32.1. The van der Waals surface area contributed by atoms with Gasteiger partial charge in [-0.15, -0.1) is 0 Å². The number of hydrogen-bond acceptors (Lipinski definition) is 2. The van der Waals surface area contributed by atoms with Crippen LogP contribution in [0.4, 0.5) is 0 Å². The predicted molar refractivity (Wildman–Crippen MR) is 67.5 cm³/mol. The lowest BCUT2D eigenvalue weighted by molar-refractivity contribution is 0.301. The molecule has 2 N–H and O–H groups in total. The molecule has 0 aromatic heterocycles. The molecule has 0 heterocycles. The first-order valence-corrected chi connectivity index (χ1v) is 5.82. The molecule has 0 radical (unpaired) electrons. The molecule has 1 unspecified atom stereocenters. The Balaban J connectivity index is 3.55. The largest absolute Gasteiger partial charge is 0.393 e. The lowest BCUT2D eigenvalue weighted by Crippen LogP contribution is -2.32. The summed E-state index contributed by atoms with van der Waals surface area (Å²) in [5.74, 6) is 1.13. The van der Waals surface area contributed by atoms with Crippen LogP contribution in [0.15, 0.2) is 0 Å². The first-order valence-electron chi connectivity index (χ1n) is 5.41. The Hall–Kier alpha value is -0.150. The maximum atomic E-state index is 5.57. The molecular weight excluding hydrogens is 192 g/mol. The molecule has 0 aliphatic rings. The molecule has 0 saturated heterocycles. The summed E-state index contributed by atoms with van der Waals surface area (Å²) >= 11 is 4.94. The van der Waals surface area contributed by atoms with Gasteiger partial charge in [-0.05, 0) is 32.4 Å². The third kappa shape index (κ3) is 7.27. The van der Waals surface area contributed by atoms with Crippen LogP contribution < -0.4 is 5.73 Å². The van der Waals surface area contributed by atoms with Gasteiger partial charge in [-0.3, -0.25) is 0 Å². The Bertz CT molecular complexity index is 169. The van der Waals surface area contributed by atoms with E-state index < -0.39 is 0 Å². The molecule has 0 rings (SSSR count). The second-order valence-electron chi connectivity index (χ2n) is 4.60. The van der Waals surface area contributed by atoms with Gasteiger partial charge in [-0.25, -0.2) is 0 Å². The summed E-state index contributed by atoms with van der Waals surface area (Å²) < 4.78 is 0. The van der Waals surface area contributed by atoms with Crippen LogP contribution in [-0.2, 0) is 0 Å². The van der Waals surface area contributed by atoms with E-state index in [-0.39, 0.29) is 0 Å². The Morgan fingerprint density at radius 1 is 1.36 bits per heavy atom. The number of nitrogens with zero attached hydrogens (tertiary/aromatic N) is 1. The highest BCUT2D eigenvalue weighted by Crippen LogP contribution is 2.05. The van der Waals surface area contributed by atoms with E-state index >= 15 is 0 Å². The monoisotopic (exact) mass is 216 g/mol. The van der Waals surface area contributed by atoms with Crippen LogP contribution in [0, 0.1) is 11.8 Å². The molecule has 1 atom stereocenters. The topological polar surface area (TPSA) is 29.3 Å². The van der Waals surface area contributed by atoms with Gasteiger partial charge < -0.3 is 10.6 Å². The molecule has 0 aliphatic carbocycles. The van der Waals surface area contributed by atoms with Crippen LogP contribution in [-0.4, -0.2) is 30.0 Å². The summed E-state index contributed by atoms with van der Waals surface area (Å²) in [7, 11) is 2.13. The third-order valence-corrected chi connectivity index (χ3v) is 2.79. The van der Waals surface area contributed by atoms with E-state index in [9.17, 15) is 0 Å². The average molecular weight is 216 g/mol. The van der Waals surface area contributed by atoms with E-state index in [4.69, 9.17) is 18.0 Å². The van der Waals surface area contributed by atoms with Crippen molar-refractivity contribution in [2.45, 2.75) is 33.6 Å². The Morgan fingerprint density at radius 2 is 1.93 bits per heavy atom. The average Bonchev–Trinajstić information content (AvgIpc) is 2.02. The van der Waals surface area contributed by atoms with Crippen molar-refractivity contribution in [1.29, 1.82) is 0 Å². The van der Waals surface area contributed by atoms with E-state index in [1.54, 1.807) is 0 Å². The summed E-state index contributed by atoms with van der Waals surface area (Å²) in [5.41, 5.74) is 5.57. The van der Waals surface area contributed by atoms with E-state index in [2.05, 4.69) is 32.7 Å². The van der Waals surface area contributed by atoms with Gasteiger partial charge in [0, 0.05) is 12.5 Å². The number of hydrogen-bond donors (Lipinski definition) is 1. The summed E-state index contributed by atoms with van der Waals surface area (Å²) in [4.78, 5) is 2.94. The fraction of sp³-hybridized carbons (Fsp3) is 0.909. The smallest absolute Gasteiger partial charge is 0.0768 e. The van der Waals surface area contributed by atoms with Crippen LogP contribution in [0.3, 0.4) is 0 Å². The van der Waals surface area contributed by atoms with Crippen molar-refractivity contribution in [2.24, 2.45) is 17.6 Å². The molecular formula is C11H24N2S. The van der Waals surface area contributed by atoms with Gasteiger partial charge in [0.15, 0.2) is 0 Å². The first-order chi connectivity index (χ1) is 6.43. The first kappa shape index (κ1) is 13.8. The fourth-order valence-corrected chi connectivity index (χ4v) is 1.49. The SMILES string of the molecule is CC(C)CCCN(C)CC(C)C(N)=S. The molecule has 84 valence electrons. The van der Waals surface area contributed by atoms with Gasteiger partial charge in [0.1, 0.15) is 0 Å². The normalized spacial score (nSPS) is 13.6. The van der Waals surface area contributed by atoms with Gasteiger partial charge in [0.25, 0.3) is 0 Å². The van der Waals surface area contributed by atoms with Crippen LogP contribution >= 0.6 is 12.2 Å². The van der Waals surface area contributed by atoms with E-state index in [1.807, 2.05) is 0 Å². The maximum Gasteiger partial charge on any atom is 0.0768 e. The molecule has 3 heteroatoms. The zero-order chi connectivity index (χ0) is 11.1. The second-order valence-corrected chi connectivity index (χ2v) is 5.07. The highest BCUT2D eigenvalue weighted by Gasteiger charge is 2.08. The van der Waals surface area contributed by atoms with E-state index in [1.165, 1.54) is 12.8 Å². The van der Waals surface area contributed by atoms with Crippen molar-refractivity contribution in [3.8, 4) is 0 Å². The van der Waals surface area contributed by atoms with Crippen molar-refractivity contribution in [3.63, 3.8) is 0 Å². The molecule has 14 heavy (non-hydrogen) atoms. The minimum atomic E-state index is 0.328. The Labute approximate surface area is 93.8 Å². The van der Waals surface area contributed by atoms with E-state index in [0.29, 0.717) is 10.9 Å². The van der Waals surface area contributed by atoms with Gasteiger partial charge in [-0.1, -0.05) is 33.0 Å². The van der Waals surface area contributed by atoms with Gasteiger partial charge in [0.05, 0.1) is 4.99 Å². The van der Waals surface area contributed by atoms with Crippen LogP contribution in [0.5, 0.6) is 0 Å². The lowest BCUT2D eigenvalue weighted by atomic mass is 10.1. The quantitative estimate of drug-likeness (QED) is 0.662. The number of nitrogens with two attached hydrogens (primary N) is 1. The second kappa shape index (κ2) is 7.18. The minimum Gasteiger partial charge on any atom is -0.393 e. The molecule has 0 aromatic carbocycles. The Morgan fingerprint density at radius 3 is 2.36 bits per heavy atom. The summed E-state index contributed by atoms with van der Waals surface area (Å²) in [6.45, 7) is 8.73. The maximum absolute atomic E-state index is 5.57. The predicted octanol–water partition coefficient (Wildman–Crippen LogP) is 2.28. The molecule has 0 aliphatic heterocycles. The van der Waals surface area contributed by atoms with Crippen molar-refractivity contribution >= 4 is 17.2 Å². The van der Waals surface area contributed by atoms with E-state index in [0.717, 1.165) is 19.0 Å². The fourth-order valence-electron chi connectivity index (χ4n) is 1.42. The molecule has 0 aromatic rings. The zero-order valence-electron chi connectivity index (χ0n) is 9.92. The van der Waals surface area contributed by atoms with Gasteiger partial charge >= 0.3 is 0 Å². The third-order valence-electron chi connectivity index (χ3n) is 2.39.